The van der Waals surface area contributed by atoms with Crippen molar-refractivity contribution in [3.8, 4) is 6.07 Å². The molecule has 0 aliphatic heterocycles. The van der Waals surface area contributed by atoms with Gasteiger partial charge < -0.3 is 9.71 Å². The topological polar surface area (TPSA) is 68.7 Å². The maximum absolute atomic E-state index is 11.9. The molecule has 0 bridgehead atoms. The molecule has 0 radical (unpaired) electrons. The fraction of sp³-hybridized carbons (Fsp3) is 0.200. The summed E-state index contributed by atoms with van der Waals surface area (Å²) in [6.07, 6.45) is 3.81. The van der Waals surface area contributed by atoms with Gasteiger partial charge in [0.25, 0.3) is 0 Å². The summed E-state index contributed by atoms with van der Waals surface area (Å²) in [6, 6.07) is 3.48. The molecular formula is C15H17N3OS. The van der Waals surface area contributed by atoms with Crippen LogP contribution in [0.3, 0.4) is 0 Å². The molecule has 1 rings (SSSR count). The van der Waals surface area contributed by atoms with Crippen molar-refractivity contribution in [2.75, 3.05) is 6.26 Å². The van der Waals surface area contributed by atoms with Crippen molar-refractivity contribution in [1.29, 1.82) is 5.26 Å². The number of hydrogen-bond acceptors (Lipinski definition) is 4. The lowest BCUT2D eigenvalue weighted by Gasteiger charge is -2.07. The number of aromatic amines is 1. The minimum atomic E-state index is -0.384. The molecule has 0 amide bonds. The average molecular weight is 287 g/mol. The van der Waals surface area contributed by atoms with Crippen molar-refractivity contribution in [2.24, 2.45) is 0 Å². The van der Waals surface area contributed by atoms with E-state index in [1.165, 1.54) is 11.9 Å². The predicted molar refractivity (Wildman–Crippen MR) is 84.1 cm³/mol. The summed E-state index contributed by atoms with van der Waals surface area (Å²) < 4.78 is 3.13. The van der Waals surface area contributed by atoms with E-state index in [0.717, 1.165) is 22.5 Å². The van der Waals surface area contributed by atoms with E-state index in [9.17, 15) is 4.79 Å². The lowest BCUT2D eigenvalue weighted by atomic mass is 10.1. The highest BCUT2D eigenvalue weighted by Crippen LogP contribution is 2.18. The van der Waals surface area contributed by atoms with Crippen molar-refractivity contribution in [3.05, 3.63) is 53.0 Å². The van der Waals surface area contributed by atoms with E-state index < -0.39 is 0 Å². The molecule has 0 atom stereocenters. The summed E-state index contributed by atoms with van der Waals surface area (Å²) in [5, 5.41) is 8.71. The highest BCUT2D eigenvalue weighted by molar-refractivity contribution is 7.96. The standard InChI is InChI=1S/C15H17N3OS/c1-9(2)12(18-20-5)7-13-10(3)6-14(17-13)15(19)11(4)8-16/h6-7,17-18H,1,4H2,2-3,5H3/b12-7+. The van der Waals surface area contributed by atoms with E-state index in [2.05, 4.69) is 22.9 Å². The van der Waals surface area contributed by atoms with Crippen LogP contribution in [0.5, 0.6) is 0 Å². The van der Waals surface area contributed by atoms with Crippen LogP contribution in [0.4, 0.5) is 0 Å². The Labute approximate surface area is 123 Å². The molecule has 20 heavy (non-hydrogen) atoms. The Morgan fingerprint density at radius 3 is 2.70 bits per heavy atom. The lowest BCUT2D eigenvalue weighted by molar-refractivity contribution is 0.103. The molecule has 0 unspecified atom stereocenters. The Bertz CT molecular complexity index is 632. The van der Waals surface area contributed by atoms with Crippen LogP contribution < -0.4 is 4.72 Å². The number of Topliss-reactive ketones (excluding diaryl/α,β-unsaturated/α-hetero) is 1. The van der Waals surface area contributed by atoms with Gasteiger partial charge in [-0.1, -0.05) is 25.1 Å². The number of carbonyl (C=O) groups excluding carboxylic acids is 1. The zero-order valence-electron chi connectivity index (χ0n) is 11.8. The molecular weight excluding hydrogens is 270 g/mol. The highest BCUT2D eigenvalue weighted by atomic mass is 32.2. The minimum Gasteiger partial charge on any atom is -0.352 e. The third-order valence-corrected chi connectivity index (χ3v) is 3.09. The monoisotopic (exact) mass is 287 g/mol. The molecule has 1 aromatic heterocycles. The number of nitrogens with one attached hydrogen (secondary N) is 2. The fourth-order valence-corrected chi connectivity index (χ4v) is 2.01. The second-order valence-corrected chi connectivity index (χ2v) is 4.96. The number of nitrogens with zero attached hydrogens (tertiary/aromatic N) is 1. The molecule has 104 valence electrons. The quantitative estimate of drug-likeness (QED) is 0.277. The molecule has 1 heterocycles. The van der Waals surface area contributed by atoms with Gasteiger partial charge in [-0.25, -0.2) is 0 Å². The predicted octanol–water partition coefficient (Wildman–Crippen LogP) is 3.37. The Morgan fingerprint density at radius 1 is 1.55 bits per heavy atom. The van der Waals surface area contributed by atoms with Crippen LogP contribution in [0.15, 0.2) is 36.1 Å². The van der Waals surface area contributed by atoms with E-state index in [-0.39, 0.29) is 11.4 Å². The lowest BCUT2D eigenvalue weighted by Crippen LogP contribution is -2.04. The van der Waals surface area contributed by atoms with Gasteiger partial charge in [-0.15, -0.1) is 0 Å². The summed E-state index contributed by atoms with van der Waals surface area (Å²) in [6.45, 7) is 11.1. The van der Waals surface area contributed by atoms with Crippen LogP contribution >= 0.6 is 11.9 Å². The van der Waals surface area contributed by atoms with Crippen molar-refractivity contribution in [3.63, 3.8) is 0 Å². The molecule has 5 heteroatoms. The number of carbonyl (C=O) groups is 1. The third kappa shape index (κ3) is 3.65. The molecule has 4 nitrogen and oxygen atoms in total. The van der Waals surface area contributed by atoms with Crippen LogP contribution in [-0.4, -0.2) is 17.0 Å². The van der Waals surface area contributed by atoms with Crippen LogP contribution in [0.25, 0.3) is 6.08 Å². The van der Waals surface area contributed by atoms with Gasteiger partial charge in [-0.3, -0.25) is 4.79 Å². The Balaban J connectivity index is 3.16. The first-order valence-corrected chi connectivity index (χ1v) is 7.13. The minimum absolute atomic E-state index is 0.0795. The van der Waals surface area contributed by atoms with Gasteiger partial charge in [-0.2, -0.15) is 5.26 Å². The van der Waals surface area contributed by atoms with E-state index in [1.54, 1.807) is 12.1 Å². The first-order chi connectivity index (χ1) is 9.40. The normalized spacial score (nSPS) is 10.8. The number of allylic oxidation sites excluding steroid dienone is 2. The number of H-pyrrole nitrogens is 1. The van der Waals surface area contributed by atoms with Crippen LogP contribution in [-0.2, 0) is 0 Å². The molecule has 1 aromatic rings. The number of ketones is 1. The Hall–Kier alpha value is -2.19. The van der Waals surface area contributed by atoms with Gasteiger partial charge in [0.05, 0.1) is 11.3 Å². The first-order valence-electron chi connectivity index (χ1n) is 5.90. The smallest absolute Gasteiger partial charge is 0.219 e. The molecule has 0 fully saturated rings. The Morgan fingerprint density at radius 2 is 2.20 bits per heavy atom. The number of aryl methyl sites for hydroxylation is 1. The van der Waals surface area contributed by atoms with E-state index in [4.69, 9.17) is 5.26 Å². The number of nitriles is 1. The SMILES string of the molecule is C=C(C#N)C(=O)c1cc(C)c(/C=C(/NSC)C(=C)C)[nH]1. The second-order valence-electron chi connectivity index (χ2n) is 4.34. The summed E-state index contributed by atoms with van der Waals surface area (Å²) >= 11 is 1.47. The molecule has 0 saturated carbocycles. The maximum atomic E-state index is 11.9. The van der Waals surface area contributed by atoms with Gasteiger partial charge in [0.2, 0.25) is 5.78 Å². The van der Waals surface area contributed by atoms with E-state index >= 15 is 0 Å². The highest BCUT2D eigenvalue weighted by Gasteiger charge is 2.14. The number of aromatic nitrogens is 1. The fourth-order valence-electron chi connectivity index (χ4n) is 1.55. The molecule has 2 N–H and O–H groups in total. The van der Waals surface area contributed by atoms with Crippen LogP contribution in [0.1, 0.15) is 28.7 Å². The van der Waals surface area contributed by atoms with Crippen LogP contribution in [0.2, 0.25) is 0 Å². The van der Waals surface area contributed by atoms with Crippen molar-refractivity contribution < 1.29 is 4.79 Å². The summed E-state index contributed by atoms with van der Waals surface area (Å²) in [5.74, 6) is -0.384. The van der Waals surface area contributed by atoms with Crippen LogP contribution in [0, 0.1) is 18.3 Å². The zero-order chi connectivity index (χ0) is 15.3. The van der Waals surface area contributed by atoms with Gasteiger partial charge >= 0.3 is 0 Å². The van der Waals surface area contributed by atoms with Gasteiger partial charge in [0, 0.05) is 17.6 Å². The molecule has 0 aromatic carbocycles. The van der Waals surface area contributed by atoms with E-state index in [1.807, 2.05) is 26.2 Å². The van der Waals surface area contributed by atoms with Crippen molar-refractivity contribution in [1.82, 2.24) is 9.71 Å². The van der Waals surface area contributed by atoms with Gasteiger partial charge in [0.1, 0.15) is 6.07 Å². The van der Waals surface area contributed by atoms with Gasteiger partial charge in [-0.05, 0) is 37.1 Å². The molecule has 0 aliphatic rings. The third-order valence-electron chi connectivity index (χ3n) is 2.67. The Kier molecular flexibility index (Phi) is 5.42. The zero-order valence-corrected chi connectivity index (χ0v) is 12.6. The summed E-state index contributed by atoms with van der Waals surface area (Å²) in [4.78, 5) is 14.9. The number of rotatable bonds is 6. The average Bonchev–Trinajstić information content (AvgIpc) is 2.77. The number of hydrogen-bond donors (Lipinski definition) is 2. The summed E-state index contributed by atoms with van der Waals surface area (Å²) in [7, 11) is 0. The van der Waals surface area contributed by atoms with Crippen molar-refractivity contribution >= 4 is 23.8 Å². The molecule has 0 spiro atoms. The first kappa shape index (κ1) is 15.9. The van der Waals surface area contributed by atoms with Gasteiger partial charge in [0.15, 0.2) is 0 Å². The molecule has 0 saturated heterocycles. The molecule has 0 aliphatic carbocycles. The maximum Gasteiger partial charge on any atom is 0.219 e. The summed E-state index contributed by atoms with van der Waals surface area (Å²) in [5.41, 5.74) is 3.78. The second kappa shape index (κ2) is 6.83. The van der Waals surface area contributed by atoms with E-state index in [0.29, 0.717) is 5.69 Å². The van der Waals surface area contributed by atoms with Crippen molar-refractivity contribution in [2.45, 2.75) is 13.8 Å². The largest absolute Gasteiger partial charge is 0.352 e.